The lowest BCUT2D eigenvalue weighted by atomic mass is 10.2. The Labute approximate surface area is 103 Å². The zero-order valence-corrected chi connectivity index (χ0v) is 9.88. The zero-order valence-electron chi connectivity index (χ0n) is 9.88. The predicted octanol–water partition coefficient (Wildman–Crippen LogP) is -1.64. The molecule has 0 spiro atoms. The number of hydrogen-bond acceptors (Lipinski definition) is 5. The highest BCUT2D eigenvalue weighted by Gasteiger charge is 2.39. The van der Waals surface area contributed by atoms with Gasteiger partial charge < -0.3 is 21.5 Å². The molecule has 0 aromatic carbocycles. The minimum atomic E-state index is -0.816. The van der Waals surface area contributed by atoms with Gasteiger partial charge in [-0.15, -0.1) is 0 Å². The van der Waals surface area contributed by atoms with Crippen LogP contribution in [0.15, 0.2) is 0 Å². The van der Waals surface area contributed by atoms with Gasteiger partial charge in [-0.05, 0) is 6.92 Å². The molecule has 1 fully saturated rings. The molecule has 18 heavy (non-hydrogen) atoms. The summed E-state index contributed by atoms with van der Waals surface area (Å²) in [5, 5.41) is 15.9. The molecule has 2 atom stereocenters. The molecule has 98 valence electrons. The van der Waals surface area contributed by atoms with Crippen LogP contribution in [-0.2, 0) is 4.79 Å². The van der Waals surface area contributed by atoms with Crippen LogP contribution < -0.4 is 11.5 Å². The maximum absolute atomic E-state index is 12.2. The summed E-state index contributed by atoms with van der Waals surface area (Å²) in [5.41, 5.74) is 11.8. The highest BCUT2D eigenvalue weighted by molar-refractivity contribution is 6.00. The van der Waals surface area contributed by atoms with E-state index in [0.29, 0.717) is 5.69 Å². The Bertz CT molecular complexity index is 498. The topological polar surface area (TPSA) is 138 Å². The molecule has 8 heteroatoms. The SMILES string of the molecule is Cc1[nH]nc(C(=O)N2CC(O)CC2C(N)=O)c1N. The maximum atomic E-state index is 12.2. The highest BCUT2D eigenvalue weighted by Crippen LogP contribution is 2.22. The van der Waals surface area contributed by atoms with E-state index < -0.39 is 24.0 Å². The standard InChI is InChI=1S/C10H15N5O3/c1-4-7(11)8(14-13-4)10(18)15-3-5(16)2-6(15)9(12)17/h5-6,16H,2-3,11H2,1H3,(H2,12,17)(H,13,14). The number of nitrogen functional groups attached to an aromatic ring is 1. The molecule has 0 radical (unpaired) electrons. The summed E-state index contributed by atoms with van der Waals surface area (Å²) in [7, 11) is 0. The van der Waals surface area contributed by atoms with Crippen LogP contribution in [0.5, 0.6) is 0 Å². The second kappa shape index (κ2) is 4.30. The van der Waals surface area contributed by atoms with Crippen molar-refractivity contribution >= 4 is 17.5 Å². The fraction of sp³-hybridized carbons (Fsp3) is 0.500. The van der Waals surface area contributed by atoms with Crippen LogP contribution in [0, 0.1) is 6.92 Å². The second-order valence-electron chi connectivity index (χ2n) is 4.38. The summed E-state index contributed by atoms with van der Waals surface area (Å²) in [5.74, 6) is -1.15. The van der Waals surface area contributed by atoms with Crippen molar-refractivity contribution in [2.45, 2.75) is 25.5 Å². The van der Waals surface area contributed by atoms with Gasteiger partial charge in [0.05, 0.1) is 17.5 Å². The van der Waals surface area contributed by atoms with E-state index >= 15 is 0 Å². The smallest absolute Gasteiger partial charge is 0.277 e. The number of primary amides is 1. The van der Waals surface area contributed by atoms with E-state index in [0.717, 1.165) is 0 Å². The minimum Gasteiger partial charge on any atom is -0.395 e. The van der Waals surface area contributed by atoms with E-state index in [-0.39, 0.29) is 24.3 Å². The number of likely N-dealkylation sites (tertiary alicyclic amines) is 1. The lowest BCUT2D eigenvalue weighted by Crippen LogP contribution is -2.44. The van der Waals surface area contributed by atoms with Crippen molar-refractivity contribution in [1.29, 1.82) is 0 Å². The van der Waals surface area contributed by atoms with Crippen LogP contribution in [-0.4, -0.2) is 50.7 Å². The Hall–Kier alpha value is -2.09. The number of anilines is 1. The molecule has 6 N–H and O–H groups in total. The molecular weight excluding hydrogens is 238 g/mol. The molecular formula is C10H15N5O3. The van der Waals surface area contributed by atoms with E-state index in [1.807, 2.05) is 0 Å². The number of H-pyrrole nitrogens is 1. The normalized spacial score (nSPS) is 23.3. The summed E-state index contributed by atoms with van der Waals surface area (Å²) in [6.45, 7) is 1.74. The quantitative estimate of drug-likeness (QED) is 0.500. The number of rotatable bonds is 2. The fourth-order valence-corrected chi connectivity index (χ4v) is 2.04. The van der Waals surface area contributed by atoms with Crippen LogP contribution in [0.25, 0.3) is 0 Å². The molecule has 1 aromatic rings. The molecule has 2 amide bonds. The van der Waals surface area contributed by atoms with Gasteiger partial charge in [-0.3, -0.25) is 14.7 Å². The molecule has 1 aliphatic rings. The molecule has 2 rings (SSSR count). The second-order valence-corrected chi connectivity index (χ2v) is 4.38. The zero-order chi connectivity index (χ0) is 13.4. The Morgan fingerprint density at radius 2 is 2.22 bits per heavy atom. The highest BCUT2D eigenvalue weighted by atomic mass is 16.3. The first-order valence-corrected chi connectivity index (χ1v) is 5.50. The van der Waals surface area contributed by atoms with Crippen LogP contribution in [0.3, 0.4) is 0 Å². The summed E-state index contributed by atoms with van der Waals surface area (Å²) < 4.78 is 0. The van der Waals surface area contributed by atoms with Gasteiger partial charge in [-0.1, -0.05) is 0 Å². The number of nitrogens with zero attached hydrogens (tertiary/aromatic N) is 2. The van der Waals surface area contributed by atoms with Crippen molar-refractivity contribution in [3.63, 3.8) is 0 Å². The molecule has 0 aliphatic carbocycles. The predicted molar refractivity (Wildman–Crippen MR) is 62.4 cm³/mol. The van der Waals surface area contributed by atoms with Crippen molar-refractivity contribution < 1.29 is 14.7 Å². The van der Waals surface area contributed by atoms with Gasteiger partial charge in [-0.25, -0.2) is 0 Å². The van der Waals surface area contributed by atoms with Gasteiger partial charge in [0.1, 0.15) is 6.04 Å². The first kappa shape index (κ1) is 12.4. The van der Waals surface area contributed by atoms with Gasteiger partial charge in [0.2, 0.25) is 5.91 Å². The third-order valence-corrected chi connectivity index (χ3v) is 3.07. The summed E-state index contributed by atoms with van der Waals surface area (Å²) in [6, 6.07) is -0.816. The van der Waals surface area contributed by atoms with Crippen molar-refractivity contribution in [2.24, 2.45) is 5.73 Å². The largest absolute Gasteiger partial charge is 0.395 e. The van der Waals surface area contributed by atoms with E-state index in [1.54, 1.807) is 6.92 Å². The number of aryl methyl sites for hydroxylation is 1. The Balaban J connectivity index is 2.28. The van der Waals surface area contributed by atoms with Gasteiger partial charge in [0.25, 0.3) is 5.91 Å². The Kier molecular flexibility index (Phi) is 2.95. The Morgan fingerprint density at radius 3 is 2.72 bits per heavy atom. The number of aliphatic hydroxyl groups is 1. The Morgan fingerprint density at radius 1 is 1.56 bits per heavy atom. The summed E-state index contributed by atoms with van der Waals surface area (Å²) >= 11 is 0. The lowest BCUT2D eigenvalue weighted by Gasteiger charge is -2.20. The number of carbonyl (C=O) groups excluding carboxylic acids is 2. The van der Waals surface area contributed by atoms with E-state index in [9.17, 15) is 14.7 Å². The number of β-amino-alcohol motifs (C(OH)–C–C–N with tert-alkyl or cyclic N) is 1. The average molecular weight is 253 g/mol. The van der Waals surface area contributed by atoms with Crippen molar-refractivity contribution in [3.8, 4) is 0 Å². The summed E-state index contributed by atoms with van der Waals surface area (Å²) in [6.07, 6.45) is -0.614. The lowest BCUT2D eigenvalue weighted by molar-refractivity contribution is -0.121. The van der Waals surface area contributed by atoms with Crippen LogP contribution in [0.4, 0.5) is 5.69 Å². The third-order valence-electron chi connectivity index (χ3n) is 3.07. The molecule has 0 bridgehead atoms. The fourth-order valence-electron chi connectivity index (χ4n) is 2.04. The molecule has 1 aromatic heterocycles. The van der Waals surface area contributed by atoms with E-state index in [4.69, 9.17) is 11.5 Å². The minimum absolute atomic E-state index is 0.0489. The molecule has 8 nitrogen and oxygen atoms in total. The van der Waals surface area contributed by atoms with Crippen LogP contribution >= 0.6 is 0 Å². The summed E-state index contributed by atoms with van der Waals surface area (Å²) in [4.78, 5) is 24.6. The van der Waals surface area contributed by atoms with Crippen molar-refractivity contribution in [1.82, 2.24) is 15.1 Å². The number of carbonyl (C=O) groups is 2. The number of aromatic amines is 1. The first-order chi connectivity index (χ1) is 8.41. The number of amides is 2. The van der Waals surface area contributed by atoms with Crippen molar-refractivity contribution in [2.75, 3.05) is 12.3 Å². The van der Waals surface area contributed by atoms with Gasteiger partial charge >= 0.3 is 0 Å². The average Bonchev–Trinajstić information content (AvgIpc) is 2.84. The number of hydrogen-bond donors (Lipinski definition) is 4. The molecule has 2 unspecified atom stereocenters. The van der Waals surface area contributed by atoms with Crippen LogP contribution in [0.2, 0.25) is 0 Å². The number of aromatic nitrogens is 2. The molecule has 2 heterocycles. The van der Waals surface area contributed by atoms with E-state index in [2.05, 4.69) is 10.2 Å². The number of nitrogens with two attached hydrogens (primary N) is 2. The molecule has 1 aliphatic heterocycles. The van der Waals surface area contributed by atoms with Gasteiger partial charge in [0.15, 0.2) is 5.69 Å². The first-order valence-electron chi connectivity index (χ1n) is 5.50. The van der Waals surface area contributed by atoms with Gasteiger partial charge in [-0.2, -0.15) is 5.10 Å². The number of nitrogens with one attached hydrogen (secondary N) is 1. The number of aliphatic hydroxyl groups excluding tert-OH is 1. The van der Waals surface area contributed by atoms with E-state index in [1.165, 1.54) is 4.90 Å². The van der Waals surface area contributed by atoms with Crippen molar-refractivity contribution in [3.05, 3.63) is 11.4 Å². The third kappa shape index (κ3) is 1.90. The monoisotopic (exact) mass is 253 g/mol. The molecule has 1 saturated heterocycles. The maximum Gasteiger partial charge on any atom is 0.277 e. The van der Waals surface area contributed by atoms with Crippen LogP contribution in [0.1, 0.15) is 22.6 Å². The van der Waals surface area contributed by atoms with Gasteiger partial charge in [0, 0.05) is 13.0 Å². The molecule has 0 saturated carbocycles.